The molecule has 0 aliphatic carbocycles. The first kappa shape index (κ1) is 9.92. The Morgan fingerprint density at radius 1 is 1.69 bits per heavy atom. The van der Waals surface area contributed by atoms with Gasteiger partial charge in [0.05, 0.1) is 6.20 Å². The highest BCUT2D eigenvalue weighted by Crippen LogP contribution is 2.10. The van der Waals surface area contributed by atoms with Crippen LogP contribution in [0.1, 0.15) is 10.5 Å². The maximum absolute atomic E-state index is 10.3. The number of hydrogen-bond donors (Lipinski definition) is 0. The molecule has 0 unspecified atom stereocenters. The molecule has 0 N–H and O–H groups in total. The minimum atomic E-state index is 0.391. The van der Waals surface area contributed by atoms with Gasteiger partial charge in [0.15, 0.2) is 6.29 Å². The van der Waals surface area contributed by atoms with Crippen LogP contribution in [0.4, 0.5) is 0 Å². The Kier molecular flexibility index (Phi) is 3.64. The lowest BCUT2D eigenvalue weighted by Crippen LogP contribution is -1.97. The number of carbonyl (C=O) groups excluding carboxylic acids is 1. The summed E-state index contributed by atoms with van der Waals surface area (Å²) in [5.74, 6) is 0.617. The predicted octanol–water partition coefficient (Wildman–Crippen LogP) is 2.18. The molecule has 0 spiro atoms. The first-order valence-electron chi connectivity index (χ1n) is 3.59. The fraction of sp³-hybridized carbons (Fsp3) is 0.111. The number of aldehydes is 1. The zero-order chi connectivity index (χ0) is 9.68. The quantitative estimate of drug-likeness (QED) is 0.759. The average Bonchev–Trinajstić information content (AvgIpc) is 2.15. The number of carbonyl (C=O) groups is 1. The summed E-state index contributed by atoms with van der Waals surface area (Å²) in [6.45, 7) is 4.01. The predicted molar refractivity (Wildman–Crippen MR) is 53.2 cm³/mol. The van der Waals surface area contributed by atoms with Gasteiger partial charge in [-0.1, -0.05) is 22.5 Å². The molecule has 0 aliphatic rings. The molecule has 68 valence electrons. The summed E-state index contributed by atoms with van der Waals surface area (Å²) >= 11 is 3.16. The van der Waals surface area contributed by atoms with Gasteiger partial charge < -0.3 is 4.74 Å². The van der Waals surface area contributed by atoms with Crippen molar-refractivity contribution in [2.45, 2.75) is 0 Å². The van der Waals surface area contributed by atoms with Crippen molar-refractivity contribution in [2.24, 2.45) is 0 Å². The summed E-state index contributed by atoms with van der Waals surface area (Å²) in [5, 5.41) is 0. The van der Waals surface area contributed by atoms with E-state index in [1.165, 1.54) is 6.20 Å². The molecule has 3 nitrogen and oxygen atoms in total. The molecule has 4 heteroatoms. The molecule has 0 amide bonds. The number of halogens is 1. The van der Waals surface area contributed by atoms with Gasteiger partial charge in [0.2, 0.25) is 0 Å². The Morgan fingerprint density at radius 2 is 2.46 bits per heavy atom. The molecule has 13 heavy (non-hydrogen) atoms. The molecule has 0 aromatic carbocycles. The van der Waals surface area contributed by atoms with Gasteiger partial charge in [0.25, 0.3) is 0 Å². The first-order valence-corrected chi connectivity index (χ1v) is 4.39. The van der Waals surface area contributed by atoms with E-state index < -0.39 is 0 Å². The van der Waals surface area contributed by atoms with Crippen molar-refractivity contribution in [3.63, 3.8) is 0 Å². The van der Waals surface area contributed by atoms with E-state index in [0.29, 0.717) is 24.3 Å². The highest BCUT2D eigenvalue weighted by Gasteiger charge is 1.95. The van der Waals surface area contributed by atoms with Crippen LogP contribution in [0.2, 0.25) is 0 Å². The Morgan fingerprint density at radius 3 is 2.92 bits per heavy atom. The molecule has 1 aromatic heterocycles. The number of pyridine rings is 1. The van der Waals surface area contributed by atoms with Gasteiger partial charge in [0, 0.05) is 4.48 Å². The van der Waals surface area contributed by atoms with Gasteiger partial charge in [-0.15, -0.1) is 0 Å². The minimum Gasteiger partial charge on any atom is -0.487 e. The number of nitrogens with zero attached hydrogens (tertiary/aromatic N) is 1. The maximum Gasteiger partial charge on any atom is 0.168 e. The second-order valence-electron chi connectivity index (χ2n) is 2.34. The molecular weight excluding hydrogens is 234 g/mol. The second kappa shape index (κ2) is 4.77. The average molecular weight is 242 g/mol. The van der Waals surface area contributed by atoms with Crippen molar-refractivity contribution in [3.05, 3.63) is 35.1 Å². The molecule has 0 aliphatic heterocycles. The molecule has 1 heterocycles. The van der Waals surface area contributed by atoms with E-state index >= 15 is 0 Å². The second-order valence-corrected chi connectivity index (χ2v) is 3.46. The van der Waals surface area contributed by atoms with E-state index in [2.05, 4.69) is 27.5 Å². The van der Waals surface area contributed by atoms with Gasteiger partial charge in [0.1, 0.15) is 18.1 Å². The molecular formula is C9H8BrNO2. The van der Waals surface area contributed by atoms with Crippen LogP contribution in [0.5, 0.6) is 5.75 Å². The van der Waals surface area contributed by atoms with Gasteiger partial charge in [-0.05, 0) is 12.1 Å². The Balaban J connectivity index is 2.59. The van der Waals surface area contributed by atoms with Crippen LogP contribution in [0.15, 0.2) is 29.4 Å². The normalized spacial score (nSPS) is 9.31. The SMILES string of the molecule is C=C(Br)COc1ccc(C=O)nc1. The third-order valence-electron chi connectivity index (χ3n) is 1.28. The van der Waals surface area contributed by atoms with Crippen LogP contribution in [0, 0.1) is 0 Å². The summed E-state index contributed by atoms with van der Waals surface area (Å²) in [6.07, 6.45) is 2.19. The molecule has 0 fully saturated rings. The van der Waals surface area contributed by atoms with E-state index in [-0.39, 0.29) is 0 Å². The lowest BCUT2D eigenvalue weighted by atomic mass is 10.4. The topological polar surface area (TPSA) is 39.2 Å². The van der Waals surface area contributed by atoms with Crippen molar-refractivity contribution >= 4 is 22.2 Å². The van der Waals surface area contributed by atoms with Crippen molar-refractivity contribution in [1.82, 2.24) is 4.98 Å². The van der Waals surface area contributed by atoms with Crippen LogP contribution in [0.3, 0.4) is 0 Å². The zero-order valence-electron chi connectivity index (χ0n) is 6.87. The van der Waals surface area contributed by atoms with Crippen LogP contribution in [0.25, 0.3) is 0 Å². The molecule has 0 radical (unpaired) electrons. The van der Waals surface area contributed by atoms with E-state index in [1.807, 2.05) is 0 Å². The summed E-state index contributed by atoms with van der Waals surface area (Å²) in [6, 6.07) is 3.28. The molecule has 0 saturated carbocycles. The fourth-order valence-corrected chi connectivity index (χ4v) is 0.823. The number of hydrogen-bond acceptors (Lipinski definition) is 3. The smallest absolute Gasteiger partial charge is 0.168 e. The van der Waals surface area contributed by atoms with Crippen molar-refractivity contribution in [3.8, 4) is 5.75 Å². The van der Waals surface area contributed by atoms with E-state index in [1.54, 1.807) is 12.1 Å². The van der Waals surface area contributed by atoms with Crippen LogP contribution >= 0.6 is 15.9 Å². The maximum atomic E-state index is 10.3. The van der Waals surface area contributed by atoms with Gasteiger partial charge in [-0.25, -0.2) is 4.98 Å². The summed E-state index contributed by atoms with van der Waals surface area (Å²) in [5.41, 5.74) is 0.394. The molecule has 1 aromatic rings. The van der Waals surface area contributed by atoms with Crippen LogP contribution < -0.4 is 4.74 Å². The molecule has 0 bridgehead atoms. The number of ether oxygens (including phenoxy) is 1. The van der Waals surface area contributed by atoms with Gasteiger partial charge in [-0.3, -0.25) is 4.79 Å². The van der Waals surface area contributed by atoms with Crippen molar-refractivity contribution in [1.29, 1.82) is 0 Å². The Labute approximate surface area is 84.6 Å². The van der Waals surface area contributed by atoms with Gasteiger partial charge >= 0.3 is 0 Å². The summed E-state index contributed by atoms with van der Waals surface area (Å²) < 4.78 is 6.00. The molecule has 1 rings (SSSR count). The zero-order valence-corrected chi connectivity index (χ0v) is 8.45. The fourth-order valence-electron chi connectivity index (χ4n) is 0.708. The van der Waals surface area contributed by atoms with E-state index in [9.17, 15) is 4.79 Å². The third-order valence-corrected chi connectivity index (χ3v) is 1.50. The molecule has 0 saturated heterocycles. The highest BCUT2D eigenvalue weighted by molar-refractivity contribution is 9.11. The summed E-state index contributed by atoms with van der Waals surface area (Å²) in [7, 11) is 0. The monoisotopic (exact) mass is 241 g/mol. The highest BCUT2D eigenvalue weighted by atomic mass is 79.9. The third kappa shape index (κ3) is 3.38. The van der Waals surface area contributed by atoms with Crippen molar-refractivity contribution in [2.75, 3.05) is 6.61 Å². The summed E-state index contributed by atoms with van der Waals surface area (Å²) in [4.78, 5) is 14.1. The minimum absolute atomic E-state index is 0.391. The van der Waals surface area contributed by atoms with E-state index in [4.69, 9.17) is 4.74 Å². The lowest BCUT2D eigenvalue weighted by Gasteiger charge is -2.03. The van der Waals surface area contributed by atoms with Crippen LogP contribution in [-0.2, 0) is 0 Å². The van der Waals surface area contributed by atoms with E-state index in [0.717, 1.165) is 4.48 Å². The number of rotatable bonds is 4. The number of aromatic nitrogens is 1. The lowest BCUT2D eigenvalue weighted by molar-refractivity contribution is 0.111. The Hall–Kier alpha value is -1.16. The van der Waals surface area contributed by atoms with Crippen LogP contribution in [-0.4, -0.2) is 17.9 Å². The largest absolute Gasteiger partial charge is 0.487 e. The molecule has 0 atom stereocenters. The standard InChI is InChI=1S/C9H8BrNO2/c1-7(10)6-13-9-3-2-8(5-12)11-4-9/h2-5H,1,6H2. The first-order chi connectivity index (χ1) is 6.22. The van der Waals surface area contributed by atoms with Crippen molar-refractivity contribution < 1.29 is 9.53 Å². The Bertz CT molecular complexity index is 308. The van der Waals surface area contributed by atoms with Gasteiger partial charge in [-0.2, -0.15) is 0 Å².